The fourth-order valence-corrected chi connectivity index (χ4v) is 0.843. The molecule has 0 rings (SSSR count). The van der Waals surface area contributed by atoms with E-state index in [1.807, 2.05) is 0 Å². The van der Waals surface area contributed by atoms with E-state index in [0.29, 0.717) is 11.9 Å². The van der Waals surface area contributed by atoms with E-state index in [1.54, 1.807) is 0 Å². The van der Waals surface area contributed by atoms with Crippen LogP contribution in [0.4, 0.5) is 0 Å². The Labute approximate surface area is 100 Å². The van der Waals surface area contributed by atoms with Crippen LogP contribution < -0.4 is 0 Å². The van der Waals surface area contributed by atoms with Gasteiger partial charge in [-0.3, -0.25) is 9.59 Å². The zero-order chi connectivity index (χ0) is 11.4. The van der Waals surface area contributed by atoms with Crippen molar-refractivity contribution in [1.29, 1.82) is 0 Å². The van der Waals surface area contributed by atoms with Crippen molar-refractivity contribution in [2.45, 2.75) is 19.8 Å². The molecule has 0 aliphatic heterocycles. The number of hydrogen-bond donors (Lipinski definition) is 1. The van der Waals surface area contributed by atoms with Crippen molar-refractivity contribution in [2.75, 3.05) is 17.3 Å². The number of ether oxygens (including phenoxy) is 1. The van der Waals surface area contributed by atoms with Crippen LogP contribution in [0.5, 0.6) is 0 Å². The van der Waals surface area contributed by atoms with Crippen LogP contribution in [-0.4, -0.2) is 34.3 Å². The minimum atomic E-state index is -0.723. The summed E-state index contributed by atoms with van der Waals surface area (Å²) in [6, 6.07) is 0. The Kier molecular flexibility index (Phi) is 15.1. The van der Waals surface area contributed by atoms with E-state index in [0.717, 1.165) is 11.8 Å². The van der Waals surface area contributed by atoms with Gasteiger partial charge in [-0.25, -0.2) is 0 Å². The SMILES string of the molecule is CC(=O)OCCBr.O=C(O)CCCBr. The Morgan fingerprint density at radius 3 is 2.00 bits per heavy atom. The van der Waals surface area contributed by atoms with Crippen molar-refractivity contribution in [3.8, 4) is 0 Å². The first-order chi connectivity index (χ1) is 6.54. The summed E-state index contributed by atoms with van der Waals surface area (Å²) in [6.45, 7) is 1.86. The monoisotopic (exact) mass is 332 g/mol. The highest BCUT2D eigenvalue weighted by Crippen LogP contribution is 1.91. The summed E-state index contributed by atoms with van der Waals surface area (Å²) >= 11 is 6.22. The molecule has 84 valence electrons. The highest BCUT2D eigenvalue weighted by molar-refractivity contribution is 9.09. The molecule has 0 aliphatic rings. The molecule has 0 spiro atoms. The van der Waals surface area contributed by atoms with Crippen molar-refractivity contribution in [1.82, 2.24) is 0 Å². The lowest BCUT2D eigenvalue weighted by Gasteiger charge is -1.93. The van der Waals surface area contributed by atoms with Gasteiger partial charge in [0.2, 0.25) is 0 Å². The molecule has 0 radical (unpaired) electrons. The molecule has 4 nitrogen and oxygen atoms in total. The summed E-state index contributed by atoms with van der Waals surface area (Å²) in [7, 11) is 0. The summed E-state index contributed by atoms with van der Waals surface area (Å²) in [5, 5.41) is 9.52. The van der Waals surface area contributed by atoms with Gasteiger partial charge in [-0.2, -0.15) is 0 Å². The van der Waals surface area contributed by atoms with E-state index < -0.39 is 5.97 Å². The molecule has 0 amide bonds. The van der Waals surface area contributed by atoms with Crippen LogP contribution in [-0.2, 0) is 14.3 Å². The van der Waals surface area contributed by atoms with E-state index in [4.69, 9.17) is 5.11 Å². The number of alkyl halides is 2. The van der Waals surface area contributed by atoms with E-state index in [-0.39, 0.29) is 12.4 Å². The Morgan fingerprint density at radius 1 is 1.29 bits per heavy atom. The van der Waals surface area contributed by atoms with Gasteiger partial charge < -0.3 is 9.84 Å². The average Bonchev–Trinajstić information content (AvgIpc) is 2.12. The number of carboxylic acid groups (broad SMARTS) is 1. The van der Waals surface area contributed by atoms with Gasteiger partial charge in [-0.15, -0.1) is 0 Å². The zero-order valence-corrected chi connectivity index (χ0v) is 11.1. The molecule has 0 aliphatic carbocycles. The second-order valence-corrected chi connectivity index (χ2v) is 3.80. The summed E-state index contributed by atoms with van der Waals surface area (Å²) < 4.78 is 4.51. The molecule has 0 fully saturated rings. The highest BCUT2D eigenvalue weighted by Gasteiger charge is 1.91. The molecule has 0 atom stereocenters. The van der Waals surface area contributed by atoms with Crippen molar-refractivity contribution in [3.63, 3.8) is 0 Å². The molecule has 0 aromatic rings. The quantitative estimate of drug-likeness (QED) is 0.618. The normalized spacial score (nSPS) is 8.50. The summed E-state index contributed by atoms with van der Waals surface area (Å²) in [4.78, 5) is 19.7. The van der Waals surface area contributed by atoms with Crippen molar-refractivity contribution in [2.24, 2.45) is 0 Å². The van der Waals surface area contributed by atoms with Crippen LogP contribution in [0.15, 0.2) is 0 Å². The van der Waals surface area contributed by atoms with Gasteiger partial charge in [-0.05, 0) is 6.42 Å². The number of rotatable bonds is 5. The van der Waals surface area contributed by atoms with Crippen molar-refractivity contribution in [3.05, 3.63) is 0 Å². The third kappa shape index (κ3) is 22.7. The number of aliphatic carboxylic acids is 1. The number of esters is 1. The largest absolute Gasteiger partial charge is 0.481 e. The molecule has 0 saturated heterocycles. The lowest BCUT2D eigenvalue weighted by atomic mass is 10.3. The Bertz CT molecular complexity index is 143. The van der Waals surface area contributed by atoms with Crippen LogP contribution in [0.25, 0.3) is 0 Å². The van der Waals surface area contributed by atoms with Gasteiger partial charge in [-0.1, -0.05) is 31.9 Å². The molecule has 0 aromatic carbocycles. The lowest BCUT2D eigenvalue weighted by Crippen LogP contribution is -2.00. The molecule has 6 heteroatoms. The number of hydrogen-bond acceptors (Lipinski definition) is 3. The third-order valence-electron chi connectivity index (χ3n) is 0.907. The molecule has 0 heterocycles. The average molecular weight is 334 g/mol. The number of carbonyl (C=O) groups is 2. The molecule has 0 bridgehead atoms. The van der Waals surface area contributed by atoms with Gasteiger partial charge in [0.15, 0.2) is 0 Å². The molecule has 14 heavy (non-hydrogen) atoms. The first kappa shape index (κ1) is 16.3. The fraction of sp³-hybridized carbons (Fsp3) is 0.750. The van der Waals surface area contributed by atoms with E-state index in [1.165, 1.54) is 6.92 Å². The van der Waals surface area contributed by atoms with Gasteiger partial charge in [0.1, 0.15) is 6.61 Å². The van der Waals surface area contributed by atoms with Crippen LogP contribution in [0, 0.1) is 0 Å². The fourth-order valence-electron chi connectivity index (χ4n) is 0.400. The lowest BCUT2D eigenvalue weighted by molar-refractivity contribution is -0.140. The maximum Gasteiger partial charge on any atom is 0.303 e. The standard InChI is InChI=1S/2C4H7BrO2/c1-4(6)7-3-2-5;5-3-1-2-4(6)7/h2-3H2,1H3;1-3H2,(H,6,7). The second kappa shape index (κ2) is 12.9. The topological polar surface area (TPSA) is 63.6 Å². The maximum absolute atomic E-state index is 9.96. The van der Waals surface area contributed by atoms with Crippen molar-refractivity contribution >= 4 is 43.8 Å². The first-order valence-electron chi connectivity index (χ1n) is 4.01. The Morgan fingerprint density at radius 2 is 1.86 bits per heavy atom. The van der Waals surface area contributed by atoms with Gasteiger partial charge >= 0.3 is 11.9 Å². The van der Waals surface area contributed by atoms with Crippen LogP contribution in [0.3, 0.4) is 0 Å². The maximum atomic E-state index is 9.96. The van der Waals surface area contributed by atoms with E-state index >= 15 is 0 Å². The molecule has 1 N–H and O–H groups in total. The summed E-state index contributed by atoms with van der Waals surface area (Å²) in [5.74, 6) is -0.945. The van der Waals surface area contributed by atoms with E-state index in [9.17, 15) is 9.59 Å². The van der Waals surface area contributed by atoms with Crippen LogP contribution >= 0.6 is 31.9 Å². The molecule has 0 unspecified atom stereocenters. The predicted octanol–water partition coefficient (Wildman–Crippen LogP) is 2.19. The minimum absolute atomic E-state index is 0.223. The Hall–Kier alpha value is -0.100. The van der Waals surface area contributed by atoms with Gasteiger partial charge in [0.25, 0.3) is 0 Å². The molecule has 0 aromatic heterocycles. The van der Waals surface area contributed by atoms with Gasteiger partial charge in [0.05, 0.1) is 0 Å². The summed E-state index contributed by atoms with van der Waals surface area (Å²) in [5.41, 5.74) is 0. The second-order valence-electron chi connectivity index (χ2n) is 2.22. The van der Waals surface area contributed by atoms with Crippen LogP contribution in [0.1, 0.15) is 19.8 Å². The zero-order valence-electron chi connectivity index (χ0n) is 7.96. The summed E-state index contributed by atoms with van der Waals surface area (Å²) in [6.07, 6.45) is 0.987. The Balaban J connectivity index is 0. The first-order valence-corrected chi connectivity index (χ1v) is 6.26. The van der Waals surface area contributed by atoms with Crippen LogP contribution in [0.2, 0.25) is 0 Å². The number of carboxylic acids is 1. The minimum Gasteiger partial charge on any atom is -0.481 e. The highest BCUT2D eigenvalue weighted by atomic mass is 79.9. The molecular formula is C8H14Br2O4. The number of carbonyl (C=O) groups excluding carboxylic acids is 1. The molecule has 0 saturated carbocycles. The predicted molar refractivity (Wildman–Crippen MR) is 61.1 cm³/mol. The van der Waals surface area contributed by atoms with Gasteiger partial charge in [0, 0.05) is 24.0 Å². The molecular weight excluding hydrogens is 320 g/mol. The third-order valence-corrected chi connectivity index (χ3v) is 1.79. The van der Waals surface area contributed by atoms with Crippen molar-refractivity contribution < 1.29 is 19.4 Å². The smallest absolute Gasteiger partial charge is 0.303 e. The number of halogens is 2. The van der Waals surface area contributed by atoms with E-state index in [2.05, 4.69) is 36.6 Å².